The molecule has 1 aromatic rings. The van der Waals surface area contributed by atoms with Gasteiger partial charge in [0, 0.05) is 11.5 Å². The number of unbranched alkanes of at least 4 members (excludes halogenated alkanes) is 3. The Kier molecular flexibility index (Phi) is 7.59. The van der Waals surface area contributed by atoms with Crippen LogP contribution in [-0.4, -0.2) is 16.4 Å². The summed E-state index contributed by atoms with van der Waals surface area (Å²) in [5.41, 5.74) is 2.10. The fourth-order valence-corrected chi connectivity index (χ4v) is 4.56. The van der Waals surface area contributed by atoms with E-state index in [0.29, 0.717) is 17.6 Å². The Balaban J connectivity index is 2.35. The number of halogens is 1. The molecule has 1 aliphatic rings. The highest BCUT2D eigenvalue weighted by Crippen LogP contribution is 2.48. The van der Waals surface area contributed by atoms with Crippen LogP contribution in [0, 0.1) is 11.8 Å². The highest BCUT2D eigenvalue weighted by Gasteiger charge is 2.36. The number of hydrogen-bond acceptors (Lipinski definition) is 2. The topological polar surface area (TPSA) is 40.5 Å². The third-order valence-corrected chi connectivity index (χ3v) is 6.64. The summed E-state index contributed by atoms with van der Waals surface area (Å²) in [5, 5.41) is 21.7. The van der Waals surface area contributed by atoms with Crippen molar-refractivity contribution in [2.24, 2.45) is 11.8 Å². The first-order chi connectivity index (χ1) is 13.1. The summed E-state index contributed by atoms with van der Waals surface area (Å²) < 4.78 is 14.3. The number of phenolic OH excluding ortho intramolecular Hbond substituents is 2. The molecule has 0 radical (unpaired) electrons. The molecule has 0 fully saturated rings. The highest BCUT2D eigenvalue weighted by atomic mass is 19.1. The fraction of sp³-hybridized carbons (Fsp3) is 0.680. The van der Waals surface area contributed by atoms with Crippen molar-refractivity contribution in [2.75, 3.05) is 0 Å². The van der Waals surface area contributed by atoms with Gasteiger partial charge >= 0.3 is 0 Å². The molecule has 3 atom stereocenters. The molecule has 2 rings (SSSR count). The van der Waals surface area contributed by atoms with Gasteiger partial charge in [0.25, 0.3) is 0 Å². The standard InChI is InChI=1S/C25H39FO2/c1-7-8-9-10-11-25(5,6)18-13-22(27)24(23(28)14-18)20-12-17(4)21(26)15-19(20)16(2)3/h12-14,16,19-21,27-28H,7-11,15H2,1-6H3/t19-,20?,21?/m0/s1. The summed E-state index contributed by atoms with van der Waals surface area (Å²) in [7, 11) is 0. The van der Waals surface area contributed by atoms with Gasteiger partial charge in [-0.15, -0.1) is 0 Å². The second-order valence-corrected chi connectivity index (χ2v) is 9.67. The van der Waals surface area contributed by atoms with Gasteiger partial charge in [0.15, 0.2) is 0 Å². The molecular formula is C25H39FO2. The highest BCUT2D eigenvalue weighted by molar-refractivity contribution is 5.52. The molecule has 158 valence electrons. The lowest BCUT2D eigenvalue weighted by Gasteiger charge is -2.35. The van der Waals surface area contributed by atoms with Crippen LogP contribution < -0.4 is 0 Å². The lowest BCUT2D eigenvalue weighted by molar-refractivity contribution is 0.222. The molecule has 28 heavy (non-hydrogen) atoms. The van der Waals surface area contributed by atoms with E-state index in [4.69, 9.17) is 0 Å². The molecule has 0 saturated carbocycles. The largest absolute Gasteiger partial charge is 0.507 e. The zero-order chi connectivity index (χ0) is 21.1. The summed E-state index contributed by atoms with van der Waals surface area (Å²) in [6, 6.07) is 3.63. The number of aromatic hydroxyl groups is 2. The van der Waals surface area contributed by atoms with E-state index in [2.05, 4.69) is 34.6 Å². The van der Waals surface area contributed by atoms with Crippen LogP contribution in [0.5, 0.6) is 11.5 Å². The molecule has 0 aliphatic heterocycles. The summed E-state index contributed by atoms with van der Waals surface area (Å²) in [5.74, 6) is 0.431. The minimum Gasteiger partial charge on any atom is -0.507 e. The minimum absolute atomic E-state index is 0.0587. The van der Waals surface area contributed by atoms with Gasteiger partial charge in [-0.25, -0.2) is 4.39 Å². The van der Waals surface area contributed by atoms with Crippen LogP contribution in [0.3, 0.4) is 0 Å². The average Bonchev–Trinajstić information content (AvgIpc) is 2.60. The summed E-state index contributed by atoms with van der Waals surface area (Å²) in [4.78, 5) is 0. The first kappa shape index (κ1) is 22.8. The smallest absolute Gasteiger partial charge is 0.123 e. The van der Waals surface area contributed by atoms with Crippen LogP contribution in [0.4, 0.5) is 4.39 Å². The van der Waals surface area contributed by atoms with Gasteiger partial charge in [-0.3, -0.25) is 0 Å². The number of rotatable bonds is 8. The monoisotopic (exact) mass is 390 g/mol. The van der Waals surface area contributed by atoms with Gasteiger partial charge in [-0.2, -0.15) is 0 Å². The van der Waals surface area contributed by atoms with Crippen molar-refractivity contribution in [3.8, 4) is 11.5 Å². The Bertz CT molecular complexity index is 667. The predicted molar refractivity (Wildman–Crippen MR) is 116 cm³/mol. The zero-order valence-electron chi connectivity index (χ0n) is 18.6. The van der Waals surface area contributed by atoms with Gasteiger partial charge in [0.2, 0.25) is 0 Å². The second kappa shape index (κ2) is 9.33. The summed E-state index contributed by atoms with van der Waals surface area (Å²) in [6.45, 7) is 12.5. The Morgan fingerprint density at radius 1 is 1.11 bits per heavy atom. The van der Waals surface area contributed by atoms with Gasteiger partial charge in [-0.05, 0) is 60.3 Å². The molecule has 1 aliphatic carbocycles. The van der Waals surface area contributed by atoms with E-state index < -0.39 is 6.17 Å². The Labute approximate surface area is 170 Å². The first-order valence-corrected chi connectivity index (χ1v) is 11.0. The van der Waals surface area contributed by atoms with Crippen molar-refractivity contribution >= 4 is 0 Å². The number of alkyl halides is 1. The Morgan fingerprint density at radius 3 is 2.25 bits per heavy atom. The third kappa shape index (κ3) is 5.10. The van der Waals surface area contributed by atoms with Crippen molar-refractivity contribution in [1.82, 2.24) is 0 Å². The molecule has 2 nitrogen and oxygen atoms in total. The van der Waals surface area contributed by atoms with E-state index in [1.165, 1.54) is 19.3 Å². The van der Waals surface area contributed by atoms with Crippen LogP contribution in [0.25, 0.3) is 0 Å². The van der Waals surface area contributed by atoms with E-state index in [-0.39, 0.29) is 34.7 Å². The number of allylic oxidation sites excluding steroid dienone is 2. The van der Waals surface area contributed by atoms with Crippen LogP contribution in [0.15, 0.2) is 23.8 Å². The molecule has 0 saturated heterocycles. The Morgan fingerprint density at radius 2 is 1.71 bits per heavy atom. The molecule has 0 spiro atoms. The zero-order valence-corrected chi connectivity index (χ0v) is 18.6. The SMILES string of the molecule is CCCCCCC(C)(C)c1cc(O)c(C2C=C(C)C(F)C[C@H]2C(C)C)c(O)c1. The fourth-order valence-electron chi connectivity index (χ4n) is 4.56. The molecule has 0 aromatic heterocycles. The van der Waals surface area contributed by atoms with Gasteiger partial charge in [0.05, 0.1) is 0 Å². The molecule has 2 N–H and O–H groups in total. The normalized spacial score (nSPS) is 23.1. The third-order valence-electron chi connectivity index (χ3n) is 6.64. The minimum atomic E-state index is -0.936. The molecule has 3 heteroatoms. The van der Waals surface area contributed by atoms with Crippen molar-refractivity contribution in [1.29, 1.82) is 0 Å². The average molecular weight is 391 g/mol. The molecule has 0 bridgehead atoms. The quantitative estimate of drug-likeness (QED) is 0.359. The second-order valence-electron chi connectivity index (χ2n) is 9.67. The Hall–Kier alpha value is -1.51. The number of hydrogen-bond donors (Lipinski definition) is 2. The van der Waals surface area contributed by atoms with Crippen molar-refractivity contribution in [3.05, 3.63) is 34.9 Å². The maximum Gasteiger partial charge on any atom is 0.123 e. The molecule has 0 heterocycles. The van der Waals surface area contributed by atoms with Crippen molar-refractivity contribution in [2.45, 2.75) is 97.6 Å². The molecule has 0 amide bonds. The van der Waals surface area contributed by atoms with Crippen molar-refractivity contribution < 1.29 is 14.6 Å². The number of benzene rings is 1. The molecular weight excluding hydrogens is 351 g/mol. The summed E-state index contributed by atoms with van der Waals surface area (Å²) >= 11 is 0. The van der Waals surface area contributed by atoms with Gasteiger partial charge in [0.1, 0.15) is 17.7 Å². The molecule has 1 aromatic carbocycles. The van der Waals surface area contributed by atoms with Gasteiger partial charge < -0.3 is 10.2 Å². The van der Waals surface area contributed by atoms with Crippen LogP contribution in [-0.2, 0) is 5.41 Å². The summed E-state index contributed by atoms with van der Waals surface area (Å²) in [6.07, 6.45) is 7.23. The van der Waals surface area contributed by atoms with E-state index in [1.807, 2.05) is 18.2 Å². The van der Waals surface area contributed by atoms with E-state index in [0.717, 1.165) is 18.4 Å². The maximum absolute atomic E-state index is 14.3. The van der Waals surface area contributed by atoms with Crippen LogP contribution >= 0.6 is 0 Å². The maximum atomic E-state index is 14.3. The van der Waals surface area contributed by atoms with E-state index in [9.17, 15) is 14.6 Å². The van der Waals surface area contributed by atoms with Gasteiger partial charge in [-0.1, -0.05) is 66.4 Å². The lowest BCUT2D eigenvalue weighted by Crippen LogP contribution is -2.27. The van der Waals surface area contributed by atoms with E-state index >= 15 is 0 Å². The van der Waals surface area contributed by atoms with Crippen LogP contribution in [0.1, 0.15) is 97.1 Å². The molecule has 2 unspecified atom stereocenters. The lowest BCUT2D eigenvalue weighted by atomic mass is 9.70. The predicted octanol–water partition coefficient (Wildman–Crippen LogP) is 7.39. The first-order valence-electron chi connectivity index (χ1n) is 11.0. The van der Waals surface area contributed by atoms with Crippen LogP contribution in [0.2, 0.25) is 0 Å². The number of phenols is 2. The van der Waals surface area contributed by atoms with Crippen molar-refractivity contribution in [3.63, 3.8) is 0 Å². The van der Waals surface area contributed by atoms with E-state index in [1.54, 1.807) is 6.92 Å².